The van der Waals surface area contributed by atoms with Gasteiger partial charge in [-0.15, -0.1) is 0 Å². The lowest BCUT2D eigenvalue weighted by Crippen LogP contribution is -2.42. The highest BCUT2D eigenvalue weighted by Gasteiger charge is 2.36. The third kappa shape index (κ3) is 3.62. The van der Waals surface area contributed by atoms with Crippen LogP contribution < -0.4 is 20.1 Å². The van der Waals surface area contributed by atoms with Gasteiger partial charge in [-0.2, -0.15) is 0 Å². The number of carbonyl (C=O) groups is 4. The highest BCUT2D eigenvalue weighted by molar-refractivity contribution is 6.22. The maximum Gasteiger partial charge on any atom is 0.262 e. The van der Waals surface area contributed by atoms with Crippen LogP contribution in [0.5, 0.6) is 11.5 Å². The molecule has 0 bridgehead atoms. The Bertz CT molecular complexity index is 984. The minimum Gasteiger partial charge on any atom is -0.454 e. The molecular weight excluding hydrogens is 378 g/mol. The average Bonchev–Trinajstić information content (AvgIpc) is 3.29. The topological polar surface area (TPSA) is 114 Å². The van der Waals surface area contributed by atoms with Gasteiger partial charge in [0.1, 0.15) is 6.54 Å². The summed E-state index contributed by atoms with van der Waals surface area (Å²) in [5.41, 5.74) is 0.995. The number of ether oxygens (including phenoxy) is 2. The van der Waals surface area contributed by atoms with Gasteiger partial charge in [-0.3, -0.25) is 24.1 Å². The number of carbonyl (C=O) groups excluding carboxylic acids is 4. The Morgan fingerprint density at radius 3 is 2.28 bits per heavy atom. The monoisotopic (exact) mass is 395 g/mol. The third-order valence-electron chi connectivity index (χ3n) is 4.55. The van der Waals surface area contributed by atoms with Gasteiger partial charge in [-0.25, -0.2) is 0 Å². The van der Waals surface area contributed by atoms with Gasteiger partial charge >= 0.3 is 0 Å². The molecule has 0 saturated heterocycles. The summed E-state index contributed by atoms with van der Waals surface area (Å²) in [6, 6.07) is 11.3. The highest BCUT2D eigenvalue weighted by Crippen LogP contribution is 2.32. The fourth-order valence-electron chi connectivity index (χ4n) is 3.10. The molecule has 29 heavy (non-hydrogen) atoms. The number of hydrogen-bond acceptors (Lipinski definition) is 6. The van der Waals surface area contributed by atoms with Crippen LogP contribution in [0.4, 0.5) is 0 Å². The normalized spacial score (nSPS) is 14.0. The van der Waals surface area contributed by atoms with Crippen molar-refractivity contribution in [3.8, 4) is 11.5 Å². The first-order valence-electron chi connectivity index (χ1n) is 8.94. The quantitative estimate of drug-likeness (QED) is 0.546. The molecule has 0 fully saturated rings. The van der Waals surface area contributed by atoms with E-state index in [0.29, 0.717) is 28.2 Å². The molecule has 0 spiro atoms. The molecule has 0 saturated carbocycles. The van der Waals surface area contributed by atoms with Gasteiger partial charge in [0, 0.05) is 18.7 Å². The lowest BCUT2D eigenvalue weighted by Gasteiger charge is -2.13. The van der Waals surface area contributed by atoms with E-state index >= 15 is 0 Å². The standard InChI is InChI=1S/C20H17N3O6/c24-17(10-23-19(26)13-3-1-2-4-14(13)20(23)27)21-7-8-22-18(25)12-5-6-15-16(9-12)29-11-28-15/h1-6,9H,7-8,10-11H2,(H,21,24)(H,22,25). The lowest BCUT2D eigenvalue weighted by molar-refractivity contribution is -0.121. The fourth-order valence-corrected chi connectivity index (χ4v) is 3.10. The summed E-state index contributed by atoms with van der Waals surface area (Å²) < 4.78 is 10.4. The molecule has 4 rings (SSSR count). The van der Waals surface area contributed by atoms with Crippen molar-refractivity contribution in [2.45, 2.75) is 0 Å². The second-order valence-electron chi connectivity index (χ2n) is 6.42. The van der Waals surface area contributed by atoms with Crippen LogP contribution in [0, 0.1) is 0 Å². The summed E-state index contributed by atoms with van der Waals surface area (Å²) >= 11 is 0. The van der Waals surface area contributed by atoms with Gasteiger partial charge in [-0.1, -0.05) is 12.1 Å². The summed E-state index contributed by atoms with van der Waals surface area (Å²) in [7, 11) is 0. The molecule has 4 amide bonds. The minimum atomic E-state index is -0.489. The molecule has 148 valence electrons. The first kappa shape index (κ1) is 18.5. The zero-order valence-electron chi connectivity index (χ0n) is 15.3. The first-order valence-corrected chi connectivity index (χ1v) is 8.94. The summed E-state index contributed by atoms with van der Waals surface area (Å²) in [6.07, 6.45) is 0. The van der Waals surface area contributed by atoms with Crippen LogP contribution in [0.1, 0.15) is 31.1 Å². The molecule has 9 heteroatoms. The second kappa shape index (κ2) is 7.63. The van der Waals surface area contributed by atoms with E-state index in [1.54, 1.807) is 42.5 Å². The van der Waals surface area contributed by atoms with Gasteiger partial charge in [-0.05, 0) is 30.3 Å². The van der Waals surface area contributed by atoms with Gasteiger partial charge in [0.25, 0.3) is 17.7 Å². The van der Waals surface area contributed by atoms with Gasteiger partial charge in [0.15, 0.2) is 11.5 Å². The molecule has 2 aromatic carbocycles. The van der Waals surface area contributed by atoms with E-state index in [-0.39, 0.29) is 32.3 Å². The SMILES string of the molecule is O=C(CN1C(=O)c2ccccc2C1=O)NCCNC(=O)c1ccc2c(c1)OCO2. The predicted octanol–water partition coefficient (Wildman–Crippen LogP) is 0.557. The van der Waals surface area contributed by atoms with Crippen LogP contribution in [0.25, 0.3) is 0 Å². The number of nitrogens with zero attached hydrogens (tertiary/aromatic N) is 1. The number of hydrogen-bond donors (Lipinski definition) is 2. The maximum absolute atomic E-state index is 12.2. The van der Waals surface area contributed by atoms with Crippen LogP contribution in [0.2, 0.25) is 0 Å². The van der Waals surface area contributed by atoms with Crippen molar-refractivity contribution in [3.05, 3.63) is 59.2 Å². The summed E-state index contributed by atoms with van der Waals surface area (Å²) in [5.74, 6) is -0.697. The molecular formula is C20H17N3O6. The van der Waals surface area contributed by atoms with Crippen molar-refractivity contribution in [2.24, 2.45) is 0 Å². The van der Waals surface area contributed by atoms with E-state index in [4.69, 9.17) is 9.47 Å². The summed E-state index contributed by atoms with van der Waals surface area (Å²) in [4.78, 5) is 49.7. The number of benzene rings is 2. The number of rotatable bonds is 6. The molecule has 2 N–H and O–H groups in total. The zero-order valence-corrected chi connectivity index (χ0v) is 15.3. The van der Waals surface area contributed by atoms with E-state index in [0.717, 1.165) is 4.90 Å². The van der Waals surface area contributed by atoms with Crippen molar-refractivity contribution in [3.63, 3.8) is 0 Å². The molecule has 0 aromatic heterocycles. The van der Waals surface area contributed by atoms with E-state index in [1.165, 1.54) is 0 Å². The number of amides is 4. The average molecular weight is 395 g/mol. The molecule has 2 aliphatic rings. The van der Waals surface area contributed by atoms with E-state index in [9.17, 15) is 19.2 Å². The lowest BCUT2D eigenvalue weighted by atomic mass is 10.1. The Kier molecular flexibility index (Phi) is 4.86. The highest BCUT2D eigenvalue weighted by atomic mass is 16.7. The molecule has 0 radical (unpaired) electrons. The predicted molar refractivity (Wildman–Crippen MR) is 99.7 cm³/mol. The minimum absolute atomic E-state index is 0.125. The van der Waals surface area contributed by atoms with Gasteiger partial charge < -0.3 is 20.1 Å². The molecule has 0 atom stereocenters. The second-order valence-corrected chi connectivity index (χ2v) is 6.42. The number of imide groups is 1. The Labute approximate surface area is 165 Å². The Balaban J connectivity index is 1.23. The van der Waals surface area contributed by atoms with Gasteiger partial charge in [0.2, 0.25) is 12.7 Å². The van der Waals surface area contributed by atoms with Crippen LogP contribution in [0.3, 0.4) is 0 Å². The zero-order chi connectivity index (χ0) is 20.4. The Morgan fingerprint density at radius 1 is 0.897 bits per heavy atom. The fraction of sp³-hybridized carbons (Fsp3) is 0.200. The summed E-state index contributed by atoms with van der Waals surface area (Å²) in [5, 5.41) is 5.25. The molecule has 2 aromatic rings. The van der Waals surface area contributed by atoms with E-state index in [1.807, 2.05) is 0 Å². The van der Waals surface area contributed by atoms with Crippen LogP contribution in [-0.4, -0.2) is 55.0 Å². The van der Waals surface area contributed by atoms with Crippen molar-refractivity contribution >= 4 is 23.6 Å². The van der Waals surface area contributed by atoms with Crippen molar-refractivity contribution in [1.29, 1.82) is 0 Å². The van der Waals surface area contributed by atoms with Crippen LogP contribution in [0.15, 0.2) is 42.5 Å². The first-order chi connectivity index (χ1) is 14.0. The van der Waals surface area contributed by atoms with Crippen molar-refractivity contribution in [2.75, 3.05) is 26.4 Å². The number of nitrogens with one attached hydrogen (secondary N) is 2. The third-order valence-corrected chi connectivity index (χ3v) is 4.55. The largest absolute Gasteiger partial charge is 0.454 e. The maximum atomic E-state index is 12.2. The van der Waals surface area contributed by atoms with Crippen molar-refractivity contribution < 1.29 is 28.7 Å². The molecule has 2 heterocycles. The van der Waals surface area contributed by atoms with Crippen LogP contribution >= 0.6 is 0 Å². The number of fused-ring (bicyclic) bond motifs is 2. The molecule has 0 aliphatic carbocycles. The summed E-state index contributed by atoms with van der Waals surface area (Å²) in [6.45, 7) is 0.0847. The van der Waals surface area contributed by atoms with Gasteiger partial charge in [0.05, 0.1) is 11.1 Å². The molecule has 9 nitrogen and oxygen atoms in total. The Hall–Kier alpha value is -3.88. The molecule has 0 unspecified atom stereocenters. The smallest absolute Gasteiger partial charge is 0.262 e. The van der Waals surface area contributed by atoms with Crippen molar-refractivity contribution in [1.82, 2.24) is 15.5 Å². The molecule has 2 aliphatic heterocycles. The van der Waals surface area contributed by atoms with E-state index in [2.05, 4.69) is 10.6 Å². The van der Waals surface area contributed by atoms with E-state index < -0.39 is 17.7 Å². The van der Waals surface area contributed by atoms with Crippen LogP contribution in [-0.2, 0) is 4.79 Å². The Morgan fingerprint density at radius 2 is 1.55 bits per heavy atom.